The number of fused-ring (bicyclic) bond motifs is 1. The van der Waals surface area contributed by atoms with E-state index >= 15 is 0 Å². The zero-order valence-corrected chi connectivity index (χ0v) is 14.2. The number of benzene rings is 1. The van der Waals surface area contributed by atoms with Crippen LogP contribution in [0.1, 0.15) is 28.7 Å². The Morgan fingerprint density at radius 3 is 2.52 bits per heavy atom. The number of aryl methyl sites for hydroxylation is 1. The molecule has 6 nitrogen and oxygen atoms in total. The predicted octanol–water partition coefficient (Wildman–Crippen LogP) is 3.93. The number of halogens is 3. The number of alkyl halides is 3. The summed E-state index contributed by atoms with van der Waals surface area (Å²) < 4.78 is 46.4. The molecule has 0 aliphatic carbocycles. The molecule has 140 valence electrons. The van der Waals surface area contributed by atoms with E-state index in [1.54, 1.807) is 19.1 Å². The van der Waals surface area contributed by atoms with E-state index in [1.807, 2.05) is 0 Å². The maximum atomic E-state index is 12.8. The third kappa shape index (κ3) is 4.08. The van der Waals surface area contributed by atoms with Crippen LogP contribution in [0.25, 0.3) is 10.9 Å². The summed E-state index contributed by atoms with van der Waals surface area (Å²) in [6, 6.07) is 6.67. The average molecular weight is 378 g/mol. The molecule has 0 saturated heterocycles. The van der Waals surface area contributed by atoms with Gasteiger partial charge < -0.3 is 14.5 Å². The van der Waals surface area contributed by atoms with Gasteiger partial charge in [-0.1, -0.05) is 0 Å². The number of nitrogens with one attached hydrogen (secondary N) is 1. The van der Waals surface area contributed by atoms with Crippen LogP contribution >= 0.6 is 0 Å². The number of esters is 1. The van der Waals surface area contributed by atoms with Crippen LogP contribution in [0.15, 0.2) is 36.5 Å². The number of carbonyl (C=O) groups excluding carboxylic acids is 2. The lowest BCUT2D eigenvalue weighted by molar-refractivity contribution is -0.274. The minimum Gasteiger partial charge on any atom is -0.424 e. The third-order valence-electron chi connectivity index (χ3n) is 3.58. The van der Waals surface area contributed by atoms with Gasteiger partial charge in [-0.3, -0.25) is 14.6 Å². The van der Waals surface area contributed by atoms with E-state index in [4.69, 9.17) is 4.74 Å². The minimum atomic E-state index is -4.88. The monoisotopic (exact) mass is 378 g/mol. The molecular formula is C18H13F3N2O4. The fraction of sp³-hybridized carbons (Fsp3) is 0.167. The Morgan fingerprint density at radius 2 is 1.89 bits per heavy atom. The van der Waals surface area contributed by atoms with E-state index in [0.29, 0.717) is 5.52 Å². The van der Waals surface area contributed by atoms with Crippen molar-refractivity contribution in [3.05, 3.63) is 53.5 Å². The summed E-state index contributed by atoms with van der Waals surface area (Å²) in [4.78, 5) is 31.0. The van der Waals surface area contributed by atoms with Gasteiger partial charge in [0.1, 0.15) is 17.1 Å². The summed E-state index contributed by atoms with van der Waals surface area (Å²) in [5, 5.41) is 0.1000. The molecule has 0 bridgehead atoms. The molecule has 9 heteroatoms. The van der Waals surface area contributed by atoms with Gasteiger partial charge in [0.15, 0.2) is 5.75 Å². The Balaban J connectivity index is 2.14. The molecule has 1 aromatic carbocycles. The first kappa shape index (κ1) is 18.4. The molecular weight excluding hydrogens is 365 g/mol. The van der Waals surface area contributed by atoms with Crippen LogP contribution in [0, 0.1) is 6.92 Å². The SMILES string of the molecule is CC(=O)Oc1c(C(=O)c2cc(C)ccn2)[nH]c2ccc(OC(F)(F)F)cc12. The van der Waals surface area contributed by atoms with Crippen LogP contribution in [-0.2, 0) is 4.79 Å². The summed E-state index contributed by atoms with van der Waals surface area (Å²) >= 11 is 0. The smallest absolute Gasteiger partial charge is 0.424 e. The number of rotatable bonds is 4. The molecule has 0 amide bonds. The molecule has 3 rings (SSSR count). The minimum absolute atomic E-state index is 0.0949. The first-order valence-corrected chi connectivity index (χ1v) is 7.71. The van der Waals surface area contributed by atoms with Crippen LogP contribution in [0.3, 0.4) is 0 Å². The van der Waals surface area contributed by atoms with Crippen LogP contribution in [-0.4, -0.2) is 28.1 Å². The van der Waals surface area contributed by atoms with Gasteiger partial charge in [0.2, 0.25) is 5.78 Å². The maximum Gasteiger partial charge on any atom is 0.573 e. The molecule has 0 spiro atoms. The van der Waals surface area contributed by atoms with E-state index in [2.05, 4.69) is 14.7 Å². The molecule has 1 N–H and O–H groups in total. The van der Waals surface area contributed by atoms with Crippen LogP contribution < -0.4 is 9.47 Å². The van der Waals surface area contributed by atoms with Crippen molar-refractivity contribution in [2.24, 2.45) is 0 Å². The van der Waals surface area contributed by atoms with E-state index in [9.17, 15) is 22.8 Å². The van der Waals surface area contributed by atoms with Crippen molar-refractivity contribution in [1.82, 2.24) is 9.97 Å². The number of carbonyl (C=O) groups is 2. The van der Waals surface area contributed by atoms with Crippen LogP contribution in [0.4, 0.5) is 13.2 Å². The van der Waals surface area contributed by atoms with Crippen molar-refractivity contribution in [3.63, 3.8) is 0 Å². The lowest BCUT2D eigenvalue weighted by atomic mass is 10.1. The van der Waals surface area contributed by atoms with E-state index < -0.39 is 23.9 Å². The van der Waals surface area contributed by atoms with Gasteiger partial charge in [0, 0.05) is 18.5 Å². The van der Waals surface area contributed by atoms with Crippen molar-refractivity contribution >= 4 is 22.7 Å². The third-order valence-corrected chi connectivity index (χ3v) is 3.58. The van der Waals surface area contributed by atoms with Gasteiger partial charge in [0.25, 0.3) is 0 Å². The average Bonchev–Trinajstić information content (AvgIpc) is 2.90. The zero-order chi connectivity index (χ0) is 19.8. The van der Waals surface area contributed by atoms with E-state index in [1.165, 1.54) is 12.3 Å². The van der Waals surface area contributed by atoms with Gasteiger partial charge in [0.05, 0.1) is 5.52 Å². The highest BCUT2D eigenvalue weighted by Crippen LogP contribution is 2.35. The number of pyridine rings is 1. The summed E-state index contributed by atoms with van der Waals surface area (Å²) in [7, 11) is 0. The Hall–Kier alpha value is -3.36. The Kier molecular flexibility index (Phi) is 4.61. The van der Waals surface area contributed by atoms with E-state index in [0.717, 1.165) is 24.6 Å². The van der Waals surface area contributed by atoms with Crippen molar-refractivity contribution in [2.75, 3.05) is 0 Å². The van der Waals surface area contributed by atoms with Gasteiger partial charge in [-0.25, -0.2) is 0 Å². The standard InChI is InChI=1S/C18H13F3N2O4/c1-9-5-6-22-14(7-9)16(25)15-17(26-10(2)24)12-8-11(27-18(19,20)21)3-4-13(12)23-15/h3-8,23H,1-2H3. The molecule has 0 radical (unpaired) electrons. The zero-order valence-electron chi connectivity index (χ0n) is 14.2. The number of aromatic amines is 1. The molecule has 27 heavy (non-hydrogen) atoms. The van der Waals surface area contributed by atoms with Gasteiger partial charge in [-0.15, -0.1) is 13.2 Å². The van der Waals surface area contributed by atoms with Crippen molar-refractivity contribution in [1.29, 1.82) is 0 Å². The summed E-state index contributed by atoms with van der Waals surface area (Å²) in [6.07, 6.45) is -3.43. The number of nitrogens with zero attached hydrogens (tertiary/aromatic N) is 1. The fourth-order valence-corrected chi connectivity index (χ4v) is 2.54. The molecule has 0 saturated carbocycles. The second-order valence-corrected chi connectivity index (χ2v) is 5.73. The summed E-state index contributed by atoms with van der Waals surface area (Å²) in [5.41, 5.74) is 1.10. The number of ketones is 1. The maximum absolute atomic E-state index is 12.8. The Bertz CT molecular complexity index is 1040. The lowest BCUT2D eigenvalue weighted by Gasteiger charge is -2.09. The topological polar surface area (TPSA) is 81.3 Å². The number of H-pyrrole nitrogens is 1. The summed E-state index contributed by atoms with van der Waals surface area (Å²) in [6.45, 7) is 2.89. The highest BCUT2D eigenvalue weighted by Gasteiger charge is 2.31. The second-order valence-electron chi connectivity index (χ2n) is 5.73. The van der Waals surface area contributed by atoms with Crippen molar-refractivity contribution in [3.8, 4) is 11.5 Å². The van der Waals surface area contributed by atoms with Crippen molar-refractivity contribution < 1.29 is 32.2 Å². The number of aromatic nitrogens is 2. The molecule has 2 aromatic heterocycles. The Morgan fingerprint density at radius 1 is 1.15 bits per heavy atom. The Labute approximate surface area is 150 Å². The number of hydrogen-bond acceptors (Lipinski definition) is 5. The van der Waals surface area contributed by atoms with Gasteiger partial charge in [-0.05, 0) is 42.8 Å². The highest BCUT2D eigenvalue weighted by atomic mass is 19.4. The first-order chi connectivity index (χ1) is 12.6. The molecule has 2 heterocycles. The van der Waals surface area contributed by atoms with Gasteiger partial charge >= 0.3 is 12.3 Å². The van der Waals surface area contributed by atoms with Crippen molar-refractivity contribution in [2.45, 2.75) is 20.2 Å². The normalized spacial score (nSPS) is 11.4. The largest absolute Gasteiger partial charge is 0.573 e. The molecule has 0 fully saturated rings. The fourth-order valence-electron chi connectivity index (χ4n) is 2.54. The quantitative estimate of drug-likeness (QED) is 0.550. The predicted molar refractivity (Wildman–Crippen MR) is 88.7 cm³/mol. The summed E-state index contributed by atoms with van der Waals surface area (Å²) in [5.74, 6) is -1.98. The number of hydrogen-bond donors (Lipinski definition) is 1. The second kappa shape index (κ2) is 6.75. The molecule has 0 atom stereocenters. The first-order valence-electron chi connectivity index (χ1n) is 7.71. The molecule has 3 aromatic rings. The van der Waals surface area contributed by atoms with Gasteiger partial charge in [-0.2, -0.15) is 0 Å². The highest BCUT2D eigenvalue weighted by molar-refractivity contribution is 6.13. The number of ether oxygens (including phenoxy) is 2. The van der Waals surface area contributed by atoms with Crippen LogP contribution in [0.2, 0.25) is 0 Å². The lowest BCUT2D eigenvalue weighted by Crippen LogP contribution is -2.17. The van der Waals surface area contributed by atoms with E-state index in [-0.39, 0.29) is 22.5 Å². The van der Waals surface area contributed by atoms with Crippen LogP contribution in [0.5, 0.6) is 11.5 Å². The molecule has 0 unspecified atom stereocenters. The molecule has 0 aliphatic rings. The molecule has 0 aliphatic heterocycles.